The number of ether oxygens (including phenoxy) is 1. The van der Waals surface area contributed by atoms with Crippen LogP contribution in [0, 0.1) is 0 Å². The second-order valence-corrected chi connectivity index (χ2v) is 8.25. The summed E-state index contributed by atoms with van der Waals surface area (Å²) >= 11 is 1.57. The number of H-pyrrole nitrogens is 1. The van der Waals surface area contributed by atoms with E-state index in [4.69, 9.17) is 0 Å². The highest BCUT2D eigenvalue weighted by atomic mass is 32.1. The molecule has 6 nitrogen and oxygen atoms in total. The van der Waals surface area contributed by atoms with Crippen LogP contribution in [0.25, 0.3) is 10.2 Å². The molecule has 1 aromatic carbocycles. The van der Waals surface area contributed by atoms with Gasteiger partial charge in [0.15, 0.2) is 0 Å². The van der Waals surface area contributed by atoms with Crippen molar-refractivity contribution >= 4 is 27.5 Å². The number of fused-ring (bicyclic) bond motifs is 3. The first-order valence-corrected chi connectivity index (χ1v) is 10.7. The van der Waals surface area contributed by atoms with Crippen molar-refractivity contribution in [1.82, 2.24) is 15.3 Å². The van der Waals surface area contributed by atoms with E-state index in [0.29, 0.717) is 16.8 Å². The Hall–Kier alpha value is -2.81. The van der Waals surface area contributed by atoms with Gasteiger partial charge in [-0.2, -0.15) is 8.78 Å². The monoisotopic (exact) mass is 433 g/mol. The van der Waals surface area contributed by atoms with Crippen LogP contribution < -0.4 is 15.6 Å². The number of hydrogen-bond donors (Lipinski definition) is 2. The van der Waals surface area contributed by atoms with Gasteiger partial charge >= 0.3 is 6.61 Å². The summed E-state index contributed by atoms with van der Waals surface area (Å²) in [6.07, 6.45) is 4.54. The van der Waals surface area contributed by atoms with Crippen LogP contribution in [-0.4, -0.2) is 22.5 Å². The number of nitrogens with zero attached hydrogens (tertiary/aromatic N) is 1. The summed E-state index contributed by atoms with van der Waals surface area (Å²) in [5.74, 6) is 0.240. The summed E-state index contributed by atoms with van der Waals surface area (Å²) < 4.78 is 29.4. The lowest BCUT2D eigenvalue weighted by Crippen LogP contribution is -2.24. The normalized spacial score (nSPS) is 13.4. The van der Waals surface area contributed by atoms with E-state index in [1.165, 1.54) is 10.9 Å². The van der Waals surface area contributed by atoms with Gasteiger partial charge in [0.25, 0.3) is 5.56 Å². The summed E-state index contributed by atoms with van der Waals surface area (Å²) in [6.45, 7) is -2.86. The molecule has 0 atom stereocenters. The molecule has 1 amide bonds. The largest absolute Gasteiger partial charge is 0.434 e. The van der Waals surface area contributed by atoms with Gasteiger partial charge in [0, 0.05) is 29.8 Å². The van der Waals surface area contributed by atoms with Crippen LogP contribution in [0.3, 0.4) is 0 Å². The Morgan fingerprint density at radius 2 is 2.07 bits per heavy atom. The fourth-order valence-corrected chi connectivity index (χ4v) is 4.98. The molecule has 0 spiro atoms. The van der Waals surface area contributed by atoms with E-state index in [0.717, 1.165) is 36.1 Å². The summed E-state index contributed by atoms with van der Waals surface area (Å²) in [5.41, 5.74) is 1.44. The number of alkyl halides is 2. The number of hydrogen-bond acceptors (Lipinski definition) is 5. The van der Waals surface area contributed by atoms with Crippen molar-refractivity contribution in [3.63, 3.8) is 0 Å². The van der Waals surface area contributed by atoms with Gasteiger partial charge in [-0.25, -0.2) is 4.98 Å². The smallest absolute Gasteiger partial charge is 0.387 e. The van der Waals surface area contributed by atoms with Crippen molar-refractivity contribution in [3.05, 3.63) is 56.4 Å². The average molecular weight is 433 g/mol. The minimum absolute atomic E-state index is 0.0333. The van der Waals surface area contributed by atoms with E-state index in [-0.39, 0.29) is 36.6 Å². The van der Waals surface area contributed by atoms with E-state index in [1.807, 2.05) is 0 Å². The minimum atomic E-state index is -2.93. The molecule has 3 aromatic rings. The lowest BCUT2D eigenvalue weighted by molar-refractivity contribution is -0.121. The van der Waals surface area contributed by atoms with E-state index in [2.05, 4.69) is 20.0 Å². The van der Waals surface area contributed by atoms with Crippen LogP contribution in [0.4, 0.5) is 8.78 Å². The molecule has 0 bridgehead atoms. The molecule has 158 valence electrons. The Labute approximate surface area is 175 Å². The SMILES string of the molecule is O=C(CCc1nc2sc3c(c2c(=O)[nH]1)CCCC3)NCc1ccccc1OC(F)F. The van der Waals surface area contributed by atoms with Crippen molar-refractivity contribution in [2.24, 2.45) is 0 Å². The van der Waals surface area contributed by atoms with E-state index in [9.17, 15) is 18.4 Å². The number of aromatic amines is 1. The second kappa shape index (κ2) is 8.91. The molecule has 4 rings (SSSR count). The van der Waals surface area contributed by atoms with Crippen molar-refractivity contribution in [2.45, 2.75) is 51.7 Å². The number of rotatable bonds is 7. The highest BCUT2D eigenvalue weighted by molar-refractivity contribution is 7.18. The third-order valence-electron chi connectivity index (χ3n) is 5.13. The Morgan fingerprint density at radius 1 is 1.27 bits per heavy atom. The van der Waals surface area contributed by atoms with E-state index < -0.39 is 6.61 Å². The number of aryl methyl sites for hydroxylation is 3. The van der Waals surface area contributed by atoms with Gasteiger partial charge in [-0.05, 0) is 37.3 Å². The van der Waals surface area contributed by atoms with Gasteiger partial charge < -0.3 is 15.0 Å². The molecule has 1 aliphatic rings. The number of aromatic nitrogens is 2. The van der Waals surface area contributed by atoms with Crippen LogP contribution in [0.15, 0.2) is 29.1 Å². The van der Waals surface area contributed by atoms with Gasteiger partial charge in [-0.15, -0.1) is 11.3 Å². The van der Waals surface area contributed by atoms with Gasteiger partial charge in [0.2, 0.25) is 5.91 Å². The molecule has 9 heteroatoms. The number of carbonyl (C=O) groups excluding carboxylic acids is 1. The van der Waals surface area contributed by atoms with Crippen LogP contribution >= 0.6 is 11.3 Å². The molecule has 30 heavy (non-hydrogen) atoms. The predicted octanol–water partition coefficient (Wildman–Crippen LogP) is 3.71. The van der Waals surface area contributed by atoms with Crippen LogP contribution in [-0.2, 0) is 30.6 Å². The molecule has 0 unspecified atom stereocenters. The van der Waals surface area contributed by atoms with Crippen molar-refractivity contribution in [1.29, 1.82) is 0 Å². The van der Waals surface area contributed by atoms with E-state index in [1.54, 1.807) is 29.5 Å². The molecule has 0 saturated heterocycles. The number of halogens is 2. The Morgan fingerprint density at radius 3 is 2.90 bits per heavy atom. The maximum absolute atomic E-state index is 12.5. The summed E-state index contributed by atoms with van der Waals surface area (Å²) in [6, 6.07) is 6.32. The predicted molar refractivity (Wildman–Crippen MR) is 110 cm³/mol. The summed E-state index contributed by atoms with van der Waals surface area (Å²) in [4.78, 5) is 34.1. The van der Waals surface area contributed by atoms with Gasteiger partial charge in [0.1, 0.15) is 16.4 Å². The number of benzene rings is 1. The summed E-state index contributed by atoms with van der Waals surface area (Å²) in [7, 11) is 0. The zero-order valence-corrected chi connectivity index (χ0v) is 17.0. The van der Waals surface area contributed by atoms with Crippen LogP contribution in [0.2, 0.25) is 0 Å². The topological polar surface area (TPSA) is 84.1 Å². The quantitative estimate of drug-likeness (QED) is 0.595. The van der Waals surface area contributed by atoms with Crippen molar-refractivity contribution < 1.29 is 18.3 Å². The molecule has 2 heterocycles. The fourth-order valence-electron chi connectivity index (χ4n) is 3.70. The molecular weight excluding hydrogens is 412 g/mol. The lowest BCUT2D eigenvalue weighted by atomic mass is 9.97. The number of carbonyl (C=O) groups is 1. The maximum Gasteiger partial charge on any atom is 0.387 e. The molecule has 2 N–H and O–H groups in total. The fraction of sp³-hybridized carbons (Fsp3) is 0.381. The standard InChI is InChI=1S/C21H21F2N3O3S/c22-21(23)29-14-7-3-1-5-12(14)11-24-17(27)10-9-16-25-19(28)18-13-6-2-4-8-15(13)30-20(18)26-16/h1,3,5,7,21H,2,4,6,8-11H2,(H,24,27)(H,25,26,28). The summed E-state index contributed by atoms with van der Waals surface area (Å²) in [5, 5.41) is 3.39. The zero-order valence-electron chi connectivity index (χ0n) is 16.2. The second-order valence-electron chi connectivity index (χ2n) is 7.17. The number of thiophene rings is 1. The number of para-hydroxylation sites is 1. The number of nitrogens with one attached hydrogen (secondary N) is 2. The average Bonchev–Trinajstić information content (AvgIpc) is 3.10. The first-order valence-electron chi connectivity index (χ1n) is 9.84. The van der Waals surface area contributed by atoms with Gasteiger partial charge in [-0.1, -0.05) is 18.2 Å². The first-order chi connectivity index (χ1) is 14.5. The van der Waals surface area contributed by atoms with Crippen LogP contribution in [0.5, 0.6) is 5.75 Å². The highest BCUT2D eigenvalue weighted by Gasteiger charge is 2.20. The third-order valence-corrected chi connectivity index (χ3v) is 6.31. The Bertz CT molecular complexity index is 1130. The lowest BCUT2D eigenvalue weighted by Gasteiger charge is -2.11. The van der Waals surface area contributed by atoms with E-state index >= 15 is 0 Å². The number of amides is 1. The maximum atomic E-state index is 12.5. The molecule has 1 aliphatic carbocycles. The van der Waals surface area contributed by atoms with Crippen molar-refractivity contribution in [2.75, 3.05) is 0 Å². The molecular formula is C21H21F2N3O3S. The van der Waals surface area contributed by atoms with Crippen LogP contribution in [0.1, 0.15) is 41.1 Å². The Balaban J connectivity index is 1.39. The van der Waals surface area contributed by atoms with Crippen molar-refractivity contribution in [3.8, 4) is 5.75 Å². The molecule has 0 aliphatic heterocycles. The first kappa shape index (κ1) is 20.5. The third kappa shape index (κ3) is 4.51. The molecule has 0 fully saturated rings. The van der Waals surface area contributed by atoms with Gasteiger partial charge in [0.05, 0.1) is 5.39 Å². The molecule has 0 radical (unpaired) electrons. The van der Waals surface area contributed by atoms with Gasteiger partial charge in [-0.3, -0.25) is 9.59 Å². The minimum Gasteiger partial charge on any atom is -0.434 e. The zero-order chi connectivity index (χ0) is 21.1. The molecule has 2 aromatic heterocycles. The highest BCUT2D eigenvalue weighted by Crippen LogP contribution is 2.33. The Kier molecular flexibility index (Phi) is 6.08. The molecule has 0 saturated carbocycles.